The van der Waals surface area contributed by atoms with E-state index < -0.39 is 5.60 Å². The molecule has 2 aromatic heterocycles. The molecule has 107 valence electrons. The number of nitrogens with one attached hydrogen (secondary N) is 1. The number of aromatic amines is 1. The SMILES string of the molecule is CC(C)(O)Cc1[c]c2c(Oc3cccnc3)cccc2[nH]1. The molecule has 3 aromatic rings. The van der Waals surface area contributed by atoms with Crippen LogP contribution in [0.15, 0.2) is 42.7 Å². The maximum absolute atomic E-state index is 9.92. The standard InChI is InChI=1S/C17H17N2O2/c1-17(2,20)10-12-9-14-15(19-12)6-3-7-16(14)21-13-5-4-8-18-11-13/h3-8,11,19-20H,10H2,1-2H3. The summed E-state index contributed by atoms with van der Waals surface area (Å²) in [5.41, 5.74) is 1.03. The first kappa shape index (κ1) is 13.6. The lowest BCUT2D eigenvalue weighted by molar-refractivity contribution is 0.0801. The molecular formula is C17H17N2O2. The molecular weight excluding hydrogens is 264 g/mol. The third kappa shape index (κ3) is 3.23. The van der Waals surface area contributed by atoms with Gasteiger partial charge >= 0.3 is 0 Å². The van der Waals surface area contributed by atoms with E-state index in [1.807, 2.05) is 30.3 Å². The Labute approximate surface area is 123 Å². The molecule has 0 amide bonds. The van der Waals surface area contributed by atoms with Crippen LogP contribution >= 0.6 is 0 Å². The van der Waals surface area contributed by atoms with Gasteiger partial charge in [0.25, 0.3) is 0 Å². The number of hydrogen-bond donors (Lipinski definition) is 2. The van der Waals surface area contributed by atoms with Gasteiger partial charge in [0, 0.05) is 29.9 Å². The van der Waals surface area contributed by atoms with Gasteiger partial charge in [-0.15, -0.1) is 0 Å². The highest BCUT2D eigenvalue weighted by Crippen LogP contribution is 2.30. The molecule has 4 heteroatoms. The summed E-state index contributed by atoms with van der Waals surface area (Å²) in [5.74, 6) is 1.40. The van der Waals surface area contributed by atoms with Crippen molar-refractivity contribution in [2.75, 3.05) is 0 Å². The van der Waals surface area contributed by atoms with Crippen molar-refractivity contribution < 1.29 is 9.84 Å². The molecule has 0 aliphatic carbocycles. The molecule has 3 rings (SSSR count). The first-order valence-electron chi connectivity index (χ1n) is 6.84. The van der Waals surface area contributed by atoms with Crippen molar-refractivity contribution >= 4 is 10.9 Å². The van der Waals surface area contributed by atoms with E-state index in [1.54, 1.807) is 26.2 Å². The average molecular weight is 281 g/mol. The van der Waals surface area contributed by atoms with Crippen LogP contribution in [-0.2, 0) is 6.42 Å². The number of hydrogen-bond acceptors (Lipinski definition) is 3. The molecule has 2 heterocycles. The number of benzene rings is 1. The third-order valence-corrected chi connectivity index (χ3v) is 3.06. The molecule has 0 bridgehead atoms. The van der Waals surface area contributed by atoms with Crippen molar-refractivity contribution in [1.29, 1.82) is 0 Å². The Hall–Kier alpha value is -2.33. The number of H-pyrrole nitrogens is 1. The summed E-state index contributed by atoms with van der Waals surface area (Å²) in [5, 5.41) is 10.8. The van der Waals surface area contributed by atoms with Crippen LogP contribution in [0.2, 0.25) is 0 Å². The van der Waals surface area contributed by atoms with Crippen LogP contribution < -0.4 is 4.74 Å². The predicted molar refractivity (Wildman–Crippen MR) is 81.4 cm³/mol. The van der Waals surface area contributed by atoms with Crippen molar-refractivity contribution in [1.82, 2.24) is 9.97 Å². The van der Waals surface area contributed by atoms with Crippen molar-refractivity contribution in [3.63, 3.8) is 0 Å². The van der Waals surface area contributed by atoms with Crippen LogP contribution in [0.1, 0.15) is 19.5 Å². The minimum absolute atomic E-state index is 0.508. The van der Waals surface area contributed by atoms with E-state index in [1.165, 1.54) is 0 Å². The minimum atomic E-state index is -0.776. The van der Waals surface area contributed by atoms with Crippen LogP contribution in [0.5, 0.6) is 11.5 Å². The highest BCUT2D eigenvalue weighted by Gasteiger charge is 2.16. The van der Waals surface area contributed by atoms with Gasteiger partial charge in [0.15, 0.2) is 0 Å². The molecule has 0 spiro atoms. The van der Waals surface area contributed by atoms with Gasteiger partial charge in [-0.05, 0) is 38.1 Å². The van der Waals surface area contributed by atoms with E-state index >= 15 is 0 Å². The fourth-order valence-corrected chi connectivity index (χ4v) is 2.25. The lowest BCUT2D eigenvalue weighted by Gasteiger charge is -2.14. The van der Waals surface area contributed by atoms with E-state index in [4.69, 9.17) is 4.74 Å². The molecule has 0 aliphatic rings. The molecule has 1 radical (unpaired) electrons. The minimum Gasteiger partial charge on any atom is -0.455 e. The summed E-state index contributed by atoms with van der Waals surface area (Å²) in [7, 11) is 0. The van der Waals surface area contributed by atoms with Crippen LogP contribution in [0.25, 0.3) is 10.9 Å². The molecule has 0 saturated heterocycles. The van der Waals surface area contributed by atoms with E-state index in [0.717, 1.165) is 22.3 Å². The van der Waals surface area contributed by atoms with Crippen molar-refractivity contribution in [2.45, 2.75) is 25.9 Å². The van der Waals surface area contributed by atoms with E-state index in [9.17, 15) is 5.11 Å². The monoisotopic (exact) mass is 281 g/mol. The second-order valence-electron chi connectivity index (χ2n) is 5.69. The number of aliphatic hydroxyl groups is 1. The zero-order valence-corrected chi connectivity index (χ0v) is 12.1. The number of pyridine rings is 1. The molecule has 0 unspecified atom stereocenters. The Morgan fingerprint density at radius 2 is 2.14 bits per heavy atom. The van der Waals surface area contributed by atoms with Gasteiger partial charge in [0.1, 0.15) is 11.5 Å². The maximum atomic E-state index is 9.92. The fourth-order valence-electron chi connectivity index (χ4n) is 2.25. The molecule has 0 aliphatic heterocycles. The van der Waals surface area contributed by atoms with Crippen molar-refractivity contribution in [3.05, 3.63) is 54.5 Å². The number of nitrogens with zero attached hydrogens (tertiary/aromatic N) is 1. The van der Waals surface area contributed by atoms with Crippen LogP contribution in [0.3, 0.4) is 0 Å². The van der Waals surface area contributed by atoms with Crippen molar-refractivity contribution in [2.24, 2.45) is 0 Å². The summed E-state index contributed by atoms with van der Waals surface area (Å²) < 4.78 is 5.86. The molecule has 4 nitrogen and oxygen atoms in total. The molecule has 0 fully saturated rings. The summed E-state index contributed by atoms with van der Waals surface area (Å²) >= 11 is 0. The van der Waals surface area contributed by atoms with Gasteiger partial charge in [-0.1, -0.05) is 6.07 Å². The van der Waals surface area contributed by atoms with Crippen LogP contribution in [0, 0.1) is 6.07 Å². The first-order chi connectivity index (χ1) is 10.0. The number of fused-ring (bicyclic) bond motifs is 1. The van der Waals surface area contributed by atoms with E-state index in [0.29, 0.717) is 12.2 Å². The number of rotatable bonds is 4. The Balaban J connectivity index is 1.96. The molecule has 1 aromatic carbocycles. The highest BCUT2D eigenvalue weighted by atomic mass is 16.5. The first-order valence-corrected chi connectivity index (χ1v) is 6.84. The summed E-state index contributed by atoms with van der Waals surface area (Å²) in [6, 6.07) is 12.8. The summed E-state index contributed by atoms with van der Waals surface area (Å²) in [6.45, 7) is 3.55. The summed E-state index contributed by atoms with van der Waals surface area (Å²) in [4.78, 5) is 7.31. The van der Waals surface area contributed by atoms with Gasteiger partial charge in [0.2, 0.25) is 0 Å². The Kier molecular flexibility index (Phi) is 3.39. The van der Waals surface area contributed by atoms with E-state index in [-0.39, 0.29) is 0 Å². The predicted octanol–water partition coefficient (Wildman–Crippen LogP) is 3.47. The Morgan fingerprint density at radius 1 is 1.29 bits per heavy atom. The van der Waals surface area contributed by atoms with Gasteiger partial charge < -0.3 is 14.8 Å². The lowest BCUT2D eigenvalue weighted by atomic mass is 10.0. The molecule has 21 heavy (non-hydrogen) atoms. The zero-order chi connectivity index (χ0) is 14.9. The van der Waals surface area contributed by atoms with E-state index in [2.05, 4.69) is 16.0 Å². The van der Waals surface area contributed by atoms with Gasteiger partial charge in [-0.3, -0.25) is 4.98 Å². The molecule has 0 atom stereocenters. The fraction of sp³-hybridized carbons (Fsp3) is 0.235. The Morgan fingerprint density at radius 3 is 2.86 bits per heavy atom. The second kappa shape index (κ2) is 5.22. The van der Waals surface area contributed by atoms with Gasteiger partial charge in [-0.2, -0.15) is 0 Å². The lowest BCUT2D eigenvalue weighted by Crippen LogP contribution is -2.21. The second-order valence-corrected chi connectivity index (χ2v) is 5.69. The maximum Gasteiger partial charge on any atom is 0.145 e. The summed E-state index contributed by atoms with van der Waals surface area (Å²) in [6.07, 6.45) is 3.88. The number of ether oxygens (including phenoxy) is 1. The van der Waals surface area contributed by atoms with Crippen molar-refractivity contribution in [3.8, 4) is 11.5 Å². The molecule has 0 saturated carbocycles. The molecule has 2 N–H and O–H groups in total. The van der Waals surface area contributed by atoms with Crippen LogP contribution in [0.4, 0.5) is 0 Å². The van der Waals surface area contributed by atoms with Gasteiger partial charge in [0.05, 0.1) is 17.2 Å². The quantitative estimate of drug-likeness (QED) is 0.770. The zero-order valence-electron chi connectivity index (χ0n) is 12.1. The highest BCUT2D eigenvalue weighted by molar-refractivity contribution is 5.86. The average Bonchev–Trinajstić information content (AvgIpc) is 2.81. The topological polar surface area (TPSA) is 58.1 Å². The normalized spacial score (nSPS) is 11.8. The largest absolute Gasteiger partial charge is 0.455 e. The third-order valence-electron chi connectivity index (χ3n) is 3.06. The smallest absolute Gasteiger partial charge is 0.145 e. The van der Waals surface area contributed by atoms with Crippen LogP contribution in [-0.4, -0.2) is 20.7 Å². The Bertz CT molecular complexity index is 742. The number of aromatic nitrogens is 2. The van der Waals surface area contributed by atoms with Gasteiger partial charge in [-0.25, -0.2) is 0 Å².